The van der Waals surface area contributed by atoms with Crippen LogP contribution in [-0.2, 0) is 16.1 Å². The normalized spacial score (nSPS) is 26.3. The van der Waals surface area contributed by atoms with Crippen molar-refractivity contribution in [2.45, 2.75) is 51.4 Å². The molecule has 0 aromatic heterocycles. The first-order chi connectivity index (χ1) is 12.1. The standard InChI is InChI=1S/C19H24N2O5/c1-11(2)15(20-9-12-6-4-5-7-13(12)16(20)22)17(23)21-10-19(3,26)8-14(21)18(24)25/h4-7,11,14-15,26H,8-10H2,1-3H3,(H,24,25)/t14-,15-,19+/m0/s1. The van der Waals surface area contributed by atoms with Gasteiger partial charge in [-0.1, -0.05) is 32.0 Å². The first kappa shape index (κ1) is 18.4. The lowest BCUT2D eigenvalue weighted by Gasteiger charge is -2.34. The zero-order valence-electron chi connectivity index (χ0n) is 15.2. The number of carbonyl (C=O) groups excluding carboxylic acids is 2. The van der Waals surface area contributed by atoms with Crippen molar-refractivity contribution in [3.05, 3.63) is 35.4 Å². The molecule has 3 atom stereocenters. The van der Waals surface area contributed by atoms with Gasteiger partial charge in [-0.15, -0.1) is 0 Å². The lowest BCUT2D eigenvalue weighted by molar-refractivity contribution is -0.150. The summed E-state index contributed by atoms with van der Waals surface area (Å²) in [6.07, 6.45) is -0.0208. The number of likely N-dealkylation sites (tertiary alicyclic amines) is 1. The Bertz CT molecular complexity index is 758. The average molecular weight is 360 g/mol. The van der Waals surface area contributed by atoms with Crippen LogP contribution < -0.4 is 0 Å². The second-order valence-electron chi connectivity index (χ2n) is 7.80. The number of nitrogens with zero attached hydrogens (tertiary/aromatic N) is 2. The van der Waals surface area contributed by atoms with E-state index in [1.165, 1.54) is 16.7 Å². The second-order valence-corrected chi connectivity index (χ2v) is 7.80. The zero-order valence-corrected chi connectivity index (χ0v) is 15.2. The Hall–Kier alpha value is -2.41. The van der Waals surface area contributed by atoms with E-state index >= 15 is 0 Å². The number of amides is 2. The van der Waals surface area contributed by atoms with E-state index in [-0.39, 0.29) is 24.8 Å². The number of aliphatic carboxylic acids is 1. The van der Waals surface area contributed by atoms with E-state index in [2.05, 4.69) is 0 Å². The maximum absolute atomic E-state index is 13.2. The molecule has 2 aliphatic heterocycles. The molecule has 7 nitrogen and oxygen atoms in total. The van der Waals surface area contributed by atoms with Crippen molar-refractivity contribution in [2.24, 2.45) is 5.92 Å². The highest BCUT2D eigenvalue weighted by Crippen LogP contribution is 2.32. The molecule has 0 spiro atoms. The molecular formula is C19H24N2O5. The average Bonchev–Trinajstić information content (AvgIpc) is 3.05. The Balaban J connectivity index is 1.91. The van der Waals surface area contributed by atoms with E-state index < -0.39 is 29.6 Å². The molecule has 2 heterocycles. The maximum Gasteiger partial charge on any atom is 0.326 e. The van der Waals surface area contributed by atoms with Gasteiger partial charge < -0.3 is 20.0 Å². The van der Waals surface area contributed by atoms with Crippen LogP contribution in [0.4, 0.5) is 0 Å². The molecule has 0 aliphatic carbocycles. The first-order valence-corrected chi connectivity index (χ1v) is 8.77. The molecule has 0 bridgehead atoms. The highest BCUT2D eigenvalue weighted by molar-refractivity contribution is 6.01. The van der Waals surface area contributed by atoms with Crippen LogP contribution in [0.5, 0.6) is 0 Å². The first-order valence-electron chi connectivity index (χ1n) is 8.77. The highest BCUT2D eigenvalue weighted by atomic mass is 16.4. The third-order valence-corrected chi connectivity index (χ3v) is 5.16. The molecule has 3 rings (SSSR count). The summed E-state index contributed by atoms with van der Waals surface area (Å²) in [5.41, 5.74) is 0.186. The van der Waals surface area contributed by atoms with Crippen LogP contribution in [0, 0.1) is 5.92 Å². The third-order valence-electron chi connectivity index (χ3n) is 5.16. The molecule has 0 saturated carbocycles. The minimum Gasteiger partial charge on any atom is -0.480 e. The summed E-state index contributed by atoms with van der Waals surface area (Å²) in [4.78, 5) is 40.3. The molecule has 1 aromatic carbocycles. The quantitative estimate of drug-likeness (QED) is 0.838. The number of carboxylic acids is 1. The number of fused-ring (bicyclic) bond motifs is 1. The van der Waals surface area contributed by atoms with Crippen molar-refractivity contribution in [3.8, 4) is 0 Å². The topological polar surface area (TPSA) is 98.2 Å². The Kier molecular flexibility index (Phi) is 4.52. The molecule has 1 saturated heterocycles. The van der Waals surface area contributed by atoms with E-state index in [4.69, 9.17) is 0 Å². The Morgan fingerprint density at radius 1 is 1.27 bits per heavy atom. The molecule has 2 amide bonds. The number of hydrogen-bond donors (Lipinski definition) is 2. The van der Waals surface area contributed by atoms with E-state index in [9.17, 15) is 24.6 Å². The number of benzene rings is 1. The lowest BCUT2D eigenvalue weighted by Crippen LogP contribution is -2.54. The summed E-state index contributed by atoms with van der Waals surface area (Å²) in [6, 6.07) is 5.37. The van der Waals surface area contributed by atoms with E-state index in [0.717, 1.165) is 5.56 Å². The highest BCUT2D eigenvalue weighted by Gasteiger charge is 2.49. The Morgan fingerprint density at radius 3 is 2.50 bits per heavy atom. The molecule has 26 heavy (non-hydrogen) atoms. The van der Waals surface area contributed by atoms with Crippen molar-refractivity contribution in [1.29, 1.82) is 0 Å². The van der Waals surface area contributed by atoms with Crippen molar-refractivity contribution >= 4 is 17.8 Å². The minimum atomic E-state index is -1.25. The second kappa shape index (κ2) is 6.39. The van der Waals surface area contributed by atoms with Gasteiger partial charge in [0.15, 0.2) is 0 Å². The van der Waals surface area contributed by atoms with Gasteiger partial charge >= 0.3 is 5.97 Å². The number of aliphatic hydroxyl groups is 1. The smallest absolute Gasteiger partial charge is 0.326 e. The summed E-state index contributed by atoms with van der Waals surface area (Å²) in [5.74, 6) is -1.98. The molecule has 1 fully saturated rings. The largest absolute Gasteiger partial charge is 0.480 e. The molecule has 2 aliphatic rings. The van der Waals surface area contributed by atoms with Gasteiger partial charge in [-0.05, 0) is 24.5 Å². The monoisotopic (exact) mass is 360 g/mol. The van der Waals surface area contributed by atoms with Gasteiger partial charge in [-0.3, -0.25) is 9.59 Å². The van der Waals surface area contributed by atoms with E-state index in [0.29, 0.717) is 12.1 Å². The molecule has 140 valence electrons. The van der Waals surface area contributed by atoms with Crippen molar-refractivity contribution in [1.82, 2.24) is 9.80 Å². The van der Waals surface area contributed by atoms with Crippen LogP contribution >= 0.6 is 0 Å². The van der Waals surface area contributed by atoms with Gasteiger partial charge in [0, 0.05) is 18.5 Å². The SMILES string of the molecule is CC(C)[C@@H](C(=O)N1C[C@](C)(O)C[C@H]1C(=O)O)N1Cc2ccccc2C1=O. The number of carboxylic acid groups (broad SMARTS) is 1. The fourth-order valence-electron chi connectivity index (χ4n) is 3.97. The summed E-state index contributed by atoms with van der Waals surface area (Å²) in [6.45, 7) is 5.47. The lowest BCUT2D eigenvalue weighted by atomic mass is 10.0. The van der Waals surface area contributed by atoms with Crippen LogP contribution in [0.2, 0.25) is 0 Å². The van der Waals surface area contributed by atoms with Crippen LogP contribution in [-0.4, -0.2) is 62.0 Å². The number of hydrogen-bond acceptors (Lipinski definition) is 4. The summed E-state index contributed by atoms with van der Waals surface area (Å²) >= 11 is 0. The predicted octanol–water partition coefficient (Wildman–Crippen LogP) is 1.10. The predicted molar refractivity (Wildman–Crippen MR) is 93.3 cm³/mol. The van der Waals surface area contributed by atoms with Gasteiger partial charge in [0.05, 0.1) is 12.1 Å². The number of carbonyl (C=O) groups is 3. The number of rotatable bonds is 4. The van der Waals surface area contributed by atoms with Crippen LogP contribution in [0.25, 0.3) is 0 Å². The zero-order chi connectivity index (χ0) is 19.2. The third kappa shape index (κ3) is 3.07. The van der Waals surface area contributed by atoms with Gasteiger partial charge in [-0.25, -0.2) is 4.79 Å². The van der Waals surface area contributed by atoms with Crippen molar-refractivity contribution in [3.63, 3.8) is 0 Å². The fraction of sp³-hybridized carbons (Fsp3) is 0.526. The van der Waals surface area contributed by atoms with Crippen LogP contribution in [0.1, 0.15) is 43.1 Å². The Labute approximate surface area is 152 Å². The Morgan fingerprint density at radius 2 is 1.92 bits per heavy atom. The fourth-order valence-corrected chi connectivity index (χ4v) is 3.97. The molecule has 0 unspecified atom stereocenters. The van der Waals surface area contributed by atoms with E-state index in [1.807, 2.05) is 26.0 Å². The summed E-state index contributed by atoms with van der Waals surface area (Å²) in [5, 5.41) is 19.7. The van der Waals surface area contributed by atoms with E-state index in [1.54, 1.807) is 12.1 Å². The maximum atomic E-state index is 13.2. The summed E-state index contributed by atoms with van der Waals surface area (Å²) < 4.78 is 0. The number of β-amino-alcohol motifs (C(OH)–C–C–N with tert-alkyl or cyclic N) is 1. The van der Waals surface area contributed by atoms with Gasteiger partial charge in [0.1, 0.15) is 12.1 Å². The van der Waals surface area contributed by atoms with Gasteiger partial charge in [0.2, 0.25) is 5.91 Å². The molecular weight excluding hydrogens is 336 g/mol. The minimum absolute atomic E-state index is 0.0208. The molecule has 0 radical (unpaired) electrons. The van der Waals surface area contributed by atoms with Crippen LogP contribution in [0.15, 0.2) is 24.3 Å². The summed E-state index contributed by atoms with van der Waals surface area (Å²) in [7, 11) is 0. The van der Waals surface area contributed by atoms with Gasteiger partial charge in [-0.2, -0.15) is 0 Å². The van der Waals surface area contributed by atoms with Crippen molar-refractivity contribution in [2.75, 3.05) is 6.54 Å². The molecule has 2 N–H and O–H groups in total. The van der Waals surface area contributed by atoms with Crippen LogP contribution in [0.3, 0.4) is 0 Å². The van der Waals surface area contributed by atoms with Crippen molar-refractivity contribution < 1.29 is 24.6 Å². The molecule has 1 aromatic rings. The van der Waals surface area contributed by atoms with Gasteiger partial charge in [0.25, 0.3) is 5.91 Å². The molecule has 7 heteroatoms.